The molecule has 30 heavy (non-hydrogen) atoms. The van der Waals surface area contributed by atoms with Crippen LogP contribution in [-0.2, 0) is 14.6 Å². The van der Waals surface area contributed by atoms with Crippen LogP contribution >= 0.6 is 0 Å². The molecule has 1 aromatic heterocycles. The van der Waals surface area contributed by atoms with Crippen molar-refractivity contribution < 1.29 is 22.7 Å². The second kappa shape index (κ2) is 9.51. The molecule has 2 aromatic carbocycles. The minimum Gasteiger partial charge on any atom is -0.439 e. The molecule has 0 unspecified atom stereocenters. The van der Waals surface area contributed by atoms with Gasteiger partial charge in [0, 0.05) is 18.7 Å². The lowest BCUT2D eigenvalue weighted by Gasteiger charge is -2.08. The third-order valence-corrected chi connectivity index (χ3v) is 5.96. The summed E-state index contributed by atoms with van der Waals surface area (Å²) >= 11 is 0. The van der Waals surface area contributed by atoms with Crippen molar-refractivity contribution in [2.75, 3.05) is 24.8 Å². The zero-order valence-electron chi connectivity index (χ0n) is 16.7. The Hall–Kier alpha value is -3.23. The van der Waals surface area contributed by atoms with Crippen LogP contribution in [0.2, 0.25) is 0 Å². The second-order valence-electron chi connectivity index (χ2n) is 6.59. The number of aromatic nitrogens is 1. The van der Waals surface area contributed by atoms with Gasteiger partial charge in [-0.2, -0.15) is 0 Å². The molecule has 0 atom stereocenters. The van der Waals surface area contributed by atoms with E-state index in [4.69, 9.17) is 9.47 Å². The smallest absolute Gasteiger partial charge is 0.255 e. The Labute approximate surface area is 175 Å². The predicted molar refractivity (Wildman–Crippen MR) is 114 cm³/mol. The van der Waals surface area contributed by atoms with Crippen molar-refractivity contribution >= 4 is 21.4 Å². The molecule has 0 aliphatic heterocycles. The highest BCUT2D eigenvalue weighted by Gasteiger charge is 2.15. The van der Waals surface area contributed by atoms with Crippen LogP contribution in [0.15, 0.2) is 71.8 Å². The van der Waals surface area contributed by atoms with Gasteiger partial charge >= 0.3 is 0 Å². The van der Waals surface area contributed by atoms with Crippen LogP contribution in [0, 0.1) is 6.92 Å². The molecule has 156 valence electrons. The molecule has 0 bridgehead atoms. The van der Waals surface area contributed by atoms with E-state index in [1.807, 2.05) is 31.2 Å². The maximum absolute atomic E-state index is 12.4. The third-order valence-electron chi connectivity index (χ3n) is 4.27. The van der Waals surface area contributed by atoms with Crippen molar-refractivity contribution in [3.8, 4) is 11.6 Å². The molecule has 0 radical (unpaired) electrons. The molecule has 3 aromatic rings. The number of hydrogen-bond donors (Lipinski definition) is 1. The summed E-state index contributed by atoms with van der Waals surface area (Å²) in [5.74, 6) is 0.593. The number of aryl methyl sites for hydroxylation is 1. The monoisotopic (exact) mass is 426 g/mol. The highest BCUT2D eigenvalue weighted by molar-refractivity contribution is 7.91. The topological polar surface area (TPSA) is 94.6 Å². The fraction of sp³-hybridized carbons (Fsp3) is 0.182. The molecule has 3 rings (SSSR count). The summed E-state index contributed by atoms with van der Waals surface area (Å²) in [6, 6.07) is 16.7. The van der Waals surface area contributed by atoms with Gasteiger partial charge in [-0.15, -0.1) is 0 Å². The van der Waals surface area contributed by atoms with E-state index in [-0.39, 0.29) is 23.2 Å². The Bertz CT molecular complexity index is 1090. The lowest BCUT2D eigenvalue weighted by atomic mass is 10.2. The van der Waals surface area contributed by atoms with Crippen LogP contribution in [0.25, 0.3) is 0 Å². The van der Waals surface area contributed by atoms with Crippen molar-refractivity contribution in [2.45, 2.75) is 11.8 Å². The number of ether oxygens (including phenoxy) is 2. The maximum Gasteiger partial charge on any atom is 0.255 e. The average molecular weight is 426 g/mol. The van der Waals surface area contributed by atoms with Crippen molar-refractivity contribution in [1.29, 1.82) is 0 Å². The normalized spacial score (nSPS) is 11.1. The van der Waals surface area contributed by atoms with Gasteiger partial charge in [0.05, 0.1) is 29.1 Å². The summed E-state index contributed by atoms with van der Waals surface area (Å²) in [6.07, 6.45) is 1.49. The number of methoxy groups -OCH3 is 1. The summed E-state index contributed by atoms with van der Waals surface area (Å²) in [7, 11) is -1.99. The van der Waals surface area contributed by atoms with Crippen LogP contribution in [0.3, 0.4) is 0 Å². The molecular weight excluding hydrogens is 404 g/mol. The largest absolute Gasteiger partial charge is 0.439 e. The average Bonchev–Trinajstić information content (AvgIpc) is 2.75. The molecule has 1 heterocycles. The molecule has 0 aliphatic rings. The number of anilines is 1. The molecule has 0 aliphatic carbocycles. The van der Waals surface area contributed by atoms with E-state index in [1.165, 1.54) is 37.6 Å². The molecule has 0 fully saturated rings. The fourth-order valence-electron chi connectivity index (χ4n) is 2.57. The lowest BCUT2D eigenvalue weighted by molar-refractivity contribution is 0.102. The van der Waals surface area contributed by atoms with Gasteiger partial charge in [0.25, 0.3) is 5.91 Å². The number of amides is 1. The van der Waals surface area contributed by atoms with Crippen LogP contribution in [0.4, 0.5) is 5.69 Å². The maximum atomic E-state index is 12.4. The number of pyridine rings is 1. The highest BCUT2D eigenvalue weighted by atomic mass is 32.2. The van der Waals surface area contributed by atoms with Gasteiger partial charge in [0.2, 0.25) is 5.88 Å². The molecule has 7 nitrogen and oxygen atoms in total. The number of carbonyl (C=O) groups excluding carboxylic acids is 1. The minimum atomic E-state index is -3.44. The number of nitrogens with one attached hydrogen (secondary N) is 1. The number of sulfone groups is 1. The first-order valence-electron chi connectivity index (χ1n) is 9.21. The number of benzene rings is 2. The zero-order chi connectivity index (χ0) is 21.6. The molecule has 0 spiro atoms. The number of rotatable bonds is 8. The summed E-state index contributed by atoms with van der Waals surface area (Å²) in [5.41, 5.74) is 1.96. The summed E-state index contributed by atoms with van der Waals surface area (Å²) in [6.45, 7) is 2.11. The first kappa shape index (κ1) is 21.5. The van der Waals surface area contributed by atoms with Crippen molar-refractivity contribution in [1.82, 2.24) is 4.98 Å². The van der Waals surface area contributed by atoms with Gasteiger partial charge < -0.3 is 14.8 Å². The van der Waals surface area contributed by atoms with Crippen molar-refractivity contribution in [3.05, 3.63) is 78.0 Å². The van der Waals surface area contributed by atoms with Gasteiger partial charge in [-0.25, -0.2) is 13.4 Å². The van der Waals surface area contributed by atoms with Gasteiger partial charge in [-0.3, -0.25) is 4.79 Å². The zero-order valence-corrected chi connectivity index (χ0v) is 17.5. The Morgan fingerprint density at radius 2 is 1.70 bits per heavy atom. The quantitative estimate of drug-likeness (QED) is 0.588. The highest BCUT2D eigenvalue weighted by Crippen LogP contribution is 2.21. The number of carbonyl (C=O) groups is 1. The standard InChI is InChI=1S/C22H22N2O5S/c1-16-3-8-19(9-4-16)29-21-12-7-18(15-23-21)24-22(25)17-5-10-20(11-6-17)30(26,27)14-13-28-2/h3-12,15H,13-14H2,1-2H3,(H,24,25). The van der Waals surface area contributed by atoms with Crippen LogP contribution in [0.5, 0.6) is 11.6 Å². The molecule has 1 N–H and O–H groups in total. The van der Waals surface area contributed by atoms with E-state index in [1.54, 1.807) is 12.1 Å². The number of hydrogen-bond acceptors (Lipinski definition) is 6. The predicted octanol–water partition coefficient (Wildman–Crippen LogP) is 3.85. The van der Waals surface area contributed by atoms with Crippen LogP contribution in [-0.4, -0.2) is 38.8 Å². The Balaban J connectivity index is 1.62. The minimum absolute atomic E-state index is 0.112. The van der Waals surface area contributed by atoms with Crippen molar-refractivity contribution in [3.63, 3.8) is 0 Å². The third kappa shape index (κ3) is 5.65. The van der Waals surface area contributed by atoms with Crippen LogP contribution in [0.1, 0.15) is 15.9 Å². The van der Waals surface area contributed by atoms with Gasteiger partial charge in [-0.05, 0) is 49.4 Å². The van der Waals surface area contributed by atoms with E-state index < -0.39 is 9.84 Å². The molecule has 1 amide bonds. The first-order valence-corrected chi connectivity index (χ1v) is 10.9. The van der Waals surface area contributed by atoms with Gasteiger partial charge in [0.15, 0.2) is 9.84 Å². The Kier molecular flexibility index (Phi) is 6.81. The Morgan fingerprint density at radius 1 is 1.00 bits per heavy atom. The molecule has 8 heteroatoms. The van der Waals surface area contributed by atoms with E-state index in [2.05, 4.69) is 10.3 Å². The molecule has 0 saturated carbocycles. The Morgan fingerprint density at radius 3 is 2.30 bits per heavy atom. The number of nitrogens with zero attached hydrogens (tertiary/aromatic N) is 1. The molecular formula is C22H22N2O5S. The summed E-state index contributed by atoms with van der Waals surface area (Å²) in [5, 5.41) is 2.72. The van der Waals surface area contributed by atoms with E-state index in [0.29, 0.717) is 22.9 Å². The van der Waals surface area contributed by atoms with Crippen molar-refractivity contribution in [2.24, 2.45) is 0 Å². The van der Waals surface area contributed by atoms with Crippen LogP contribution < -0.4 is 10.1 Å². The SMILES string of the molecule is COCCS(=O)(=O)c1ccc(C(=O)Nc2ccc(Oc3ccc(C)cc3)nc2)cc1. The van der Waals surface area contributed by atoms with E-state index in [0.717, 1.165) is 5.56 Å². The first-order chi connectivity index (χ1) is 14.4. The van der Waals surface area contributed by atoms with E-state index >= 15 is 0 Å². The summed E-state index contributed by atoms with van der Waals surface area (Å²) in [4.78, 5) is 16.8. The molecule has 0 saturated heterocycles. The summed E-state index contributed by atoms with van der Waals surface area (Å²) < 4.78 is 34.8. The van der Waals surface area contributed by atoms with E-state index in [9.17, 15) is 13.2 Å². The fourth-order valence-corrected chi connectivity index (χ4v) is 3.74. The van der Waals surface area contributed by atoms with Gasteiger partial charge in [-0.1, -0.05) is 17.7 Å². The second-order valence-corrected chi connectivity index (χ2v) is 8.70. The van der Waals surface area contributed by atoms with Gasteiger partial charge in [0.1, 0.15) is 5.75 Å². The lowest BCUT2D eigenvalue weighted by Crippen LogP contribution is -2.14.